The van der Waals surface area contributed by atoms with Gasteiger partial charge in [-0.1, -0.05) is 0 Å². The molecule has 6 nitrogen and oxygen atoms in total. The molecule has 7 heteroatoms. The molecule has 1 rings (SSSR count). The third-order valence-corrected chi connectivity index (χ3v) is 3.40. The molecule has 0 radical (unpaired) electrons. The molecular weight excluding hydrogens is 346 g/mol. The van der Waals surface area contributed by atoms with Crippen LogP contribution in [0.15, 0.2) is 21.7 Å². The number of rotatable bonds is 4. The van der Waals surface area contributed by atoms with Crippen molar-refractivity contribution < 1.29 is 4.79 Å². The predicted octanol–water partition coefficient (Wildman–Crippen LogP) is 1.71. The first-order chi connectivity index (χ1) is 10.1. The van der Waals surface area contributed by atoms with Crippen LogP contribution in [0, 0.1) is 0 Å². The lowest BCUT2D eigenvalue weighted by molar-refractivity contribution is -0.121. The molecular formula is C15H26BrN5O. The summed E-state index contributed by atoms with van der Waals surface area (Å²) in [6, 6.07) is 2.07. The van der Waals surface area contributed by atoms with Crippen molar-refractivity contribution in [2.75, 3.05) is 20.6 Å². The van der Waals surface area contributed by atoms with Gasteiger partial charge in [-0.05, 0) is 42.8 Å². The third kappa shape index (κ3) is 6.09. The van der Waals surface area contributed by atoms with E-state index in [9.17, 15) is 4.79 Å². The third-order valence-electron chi connectivity index (χ3n) is 2.97. The molecule has 124 valence electrons. The molecule has 22 heavy (non-hydrogen) atoms. The van der Waals surface area contributed by atoms with Gasteiger partial charge in [0, 0.05) is 43.0 Å². The van der Waals surface area contributed by atoms with Crippen molar-refractivity contribution in [2.24, 2.45) is 12.0 Å². The lowest BCUT2D eigenvalue weighted by atomic mass is 10.1. The summed E-state index contributed by atoms with van der Waals surface area (Å²) in [5, 5.41) is 6.00. The summed E-state index contributed by atoms with van der Waals surface area (Å²) in [7, 11) is 5.65. The standard InChI is InChI=1S/C15H26BrN5O/c1-15(2,3)19-13(22)8-18-14(17-4)21(6)10-12-7-11(16)9-20(12)5/h7,9H,8,10H2,1-6H3,(H,17,18)(H,19,22). The fourth-order valence-electron chi connectivity index (χ4n) is 2.05. The van der Waals surface area contributed by atoms with Crippen molar-refractivity contribution in [3.8, 4) is 0 Å². The summed E-state index contributed by atoms with van der Waals surface area (Å²) in [6.07, 6.45) is 2.01. The Balaban J connectivity index is 2.57. The van der Waals surface area contributed by atoms with E-state index in [-0.39, 0.29) is 18.0 Å². The second-order valence-corrected chi connectivity index (χ2v) is 7.23. The number of guanidine groups is 1. The molecule has 0 spiro atoms. The summed E-state index contributed by atoms with van der Waals surface area (Å²) in [5.74, 6) is 0.630. The van der Waals surface area contributed by atoms with Crippen LogP contribution < -0.4 is 10.6 Å². The number of hydrogen-bond acceptors (Lipinski definition) is 2. The molecule has 0 aliphatic heterocycles. The van der Waals surface area contributed by atoms with E-state index in [1.54, 1.807) is 7.05 Å². The molecule has 1 heterocycles. The molecule has 1 aromatic heterocycles. The van der Waals surface area contributed by atoms with Gasteiger partial charge in [0.1, 0.15) is 0 Å². The Morgan fingerprint density at radius 1 is 1.45 bits per heavy atom. The van der Waals surface area contributed by atoms with Crippen LogP contribution in [0.25, 0.3) is 0 Å². The minimum absolute atomic E-state index is 0.0522. The predicted molar refractivity (Wildman–Crippen MR) is 93.8 cm³/mol. The number of aromatic nitrogens is 1. The zero-order valence-electron chi connectivity index (χ0n) is 14.2. The smallest absolute Gasteiger partial charge is 0.239 e. The molecule has 2 N–H and O–H groups in total. The van der Waals surface area contributed by atoms with Gasteiger partial charge in [-0.3, -0.25) is 9.79 Å². The monoisotopic (exact) mass is 371 g/mol. The van der Waals surface area contributed by atoms with Crippen molar-refractivity contribution in [3.63, 3.8) is 0 Å². The Kier molecular flexibility index (Phi) is 6.47. The summed E-state index contributed by atoms with van der Waals surface area (Å²) >= 11 is 3.47. The van der Waals surface area contributed by atoms with Crippen molar-refractivity contribution >= 4 is 27.8 Å². The van der Waals surface area contributed by atoms with Gasteiger partial charge in [0.15, 0.2) is 5.96 Å². The van der Waals surface area contributed by atoms with E-state index < -0.39 is 0 Å². The molecule has 0 saturated carbocycles. The maximum Gasteiger partial charge on any atom is 0.239 e. The van der Waals surface area contributed by atoms with Crippen molar-refractivity contribution in [1.29, 1.82) is 0 Å². The molecule has 0 aliphatic carbocycles. The minimum Gasteiger partial charge on any atom is -0.352 e. The van der Waals surface area contributed by atoms with Gasteiger partial charge in [0.25, 0.3) is 0 Å². The van der Waals surface area contributed by atoms with Crippen molar-refractivity contribution in [2.45, 2.75) is 32.9 Å². The zero-order valence-corrected chi connectivity index (χ0v) is 15.8. The molecule has 1 amide bonds. The van der Waals surface area contributed by atoms with E-state index in [1.807, 2.05) is 46.0 Å². The maximum absolute atomic E-state index is 11.9. The second kappa shape index (κ2) is 7.67. The van der Waals surface area contributed by atoms with E-state index in [0.29, 0.717) is 12.5 Å². The Morgan fingerprint density at radius 2 is 2.09 bits per heavy atom. The van der Waals surface area contributed by atoms with Gasteiger partial charge in [-0.15, -0.1) is 0 Å². The Labute approximate surface area is 141 Å². The van der Waals surface area contributed by atoms with Crippen LogP contribution in [0.5, 0.6) is 0 Å². The largest absolute Gasteiger partial charge is 0.352 e. The van der Waals surface area contributed by atoms with E-state index in [0.717, 1.165) is 10.2 Å². The first-order valence-electron chi connectivity index (χ1n) is 7.16. The summed E-state index contributed by atoms with van der Waals surface area (Å²) < 4.78 is 3.10. The minimum atomic E-state index is -0.233. The van der Waals surface area contributed by atoms with Gasteiger partial charge in [-0.2, -0.15) is 0 Å². The Morgan fingerprint density at radius 3 is 2.55 bits per heavy atom. The number of aryl methyl sites for hydroxylation is 1. The first kappa shape index (κ1) is 18.5. The number of halogens is 1. The van der Waals surface area contributed by atoms with Gasteiger partial charge >= 0.3 is 0 Å². The lowest BCUT2D eigenvalue weighted by Crippen LogP contribution is -2.48. The average Bonchev–Trinajstić information content (AvgIpc) is 2.66. The second-order valence-electron chi connectivity index (χ2n) is 6.32. The van der Waals surface area contributed by atoms with E-state index >= 15 is 0 Å². The highest BCUT2D eigenvalue weighted by Crippen LogP contribution is 2.14. The average molecular weight is 372 g/mol. The normalized spacial score (nSPS) is 12.2. The quantitative estimate of drug-likeness (QED) is 0.625. The molecule has 0 aliphatic rings. The molecule has 1 aromatic rings. The van der Waals surface area contributed by atoms with Gasteiger partial charge in [0.2, 0.25) is 5.91 Å². The molecule has 0 aromatic carbocycles. The van der Waals surface area contributed by atoms with E-state index in [4.69, 9.17) is 0 Å². The van der Waals surface area contributed by atoms with Crippen molar-refractivity contribution in [3.05, 3.63) is 22.4 Å². The SMILES string of the molecule is CN=C(NCC(=O)NC(C)(C)C)N(C)Cc1cc(Br)cn1C. The molecule has 0 unspecified atom stereocenters. The van der Waals surface area contributed by atoms with E-state index in [2.05, 4.69) is 42.2 Å². The van der Waals surface area contributed by atoms with Crippen LogP contribution in [-0.2, 0) is 18.4 Å². The molecule has 0 fully saturated rings. The van der Waals surface area contributed by atoms with Crippen LogP contribution >= 0.6 is 15.9 Å². The van der Waals surface area contributed by atoms with Crippen LogP contribution in [-0.4, -0.2) is 47.5 Å². The highest BCUT2D eigenvalue weighted by molar-refractivity contribution is 9.10. The topological polar surface area (TPSA) is 61.7 Å². The molecule has 0 atom stereocenters. The van der Waals surface area contributed by atoms with Gasteiger partial charge in [-0.25, -0.2) is 0 Å². The van der Waals surface area contributed by atoms with Crippen LogP contribution in [0.3, 0.4) is 0 Å². The lowest BCUT2D eigenvalue weighted by Gasteiger charge is -2.24. The van der Waals surface area contributed by atoms with Crippen molar-refractivity contribution in [1.82, 2.24) is 20.1 Å². The number of nitrogens with one attached hydrogen (secondary N) is 2. The van der Waals surface area contributed by atoms with Crippen LogP contribution in [0.2, 0.25) is 0 Å². The number of amides is 1. The van der Waals surface area contributed by atoms with Gasteiger partial charge < -0.3 is 20.1 Å². The zero-order chi connectivity index (χ0) is 16.9. The highest BCUT2D eigenvalue weighted by atomic mass is 79.9. The number of carbonyl (C=O) groups is 1. The van der Waals surface area contributed by atoms with Gasteiger partial charge in [0.05, 0.1) is 13.1 Å². The summed E-state index contributed by atoms with van der Waals surface area (Å²) in [5.41, 5.74) is 0.917. The Hall–Kier alpha value is -1.50. The Bertz CT molecular complexity index is 545. The number of hydrogen-bond donors (Lipinski definition) is 2. The first-order valence-corrected chi connectivity index (χ1v) is 7.95. The number of carbonyl (C=O) groups excluding carboxylic acids is 1. The maximum atomic E-state index is 11.9. The fourth-order valence-corrected chi connectivity index (χ4v) is 2.62. The van der Waals surface area contributed by atoms with E-state index in [1.165, 1.54) is 0 Å². The molecule has 0 bridgehead atoms. The van der Waals surface area contributed by atoms with Crippen LogP contribution in [0.4, 0.5) is 0 Å². The van der Waals surface area contributed by atoms with Crippen LogP contribution in [0.1, 0.15) is 26.5 Å². The fraction of sp³-hybridized carbons (Fsp3) is 0.600. The highest BCUT2D eigenvalue weighted by Gasteiger charge is 2.15. The molecule has 0 saturated heterocycles. The summed E-state index contributed by atoms with van der Waals surface area (Å²) in [4.78, 5) is 18.1. The number of aliphatic imine (C=N–C) groups is 1. The number of nitrogens with zero attached hydrogens (tertiary/aromatic N) is 3. The summed E-state index contributed by atoms with van der Waals surface area (Å²) in [6.45, 7) is 6.77.